The summed E-state index contributed by atoms with van der Waals surface area (Å²) in [5.74, 6) is 0. The molecule has 0 saturated heterocycles. The van der Waals surface area contributed by atoms with Crippen LogP contribution in [0, 0.1) is 0 Å². The van der Waals surface area contributed by atoms with E-state index < -0.39 is 0 Å². The fourth-order valence-corrected chi connectivity index (χ4v) is 2.48. The van der Waals surface area contributed by atoms with Crippen LogP contribution < -0.4 is 0 Å². The second-order valence-corrected chi connectivity index (χ2v) is 5.79. The Morgan fingerprint density at radius 2 is 1.79 bits per heavy atom. The van der Waals surface area contributed by atoms with Gasteiger partial charge in [-0.1, -0.05) is 12.1 Å². The zero-order chi connectivity index (χ0) is 13.7. The van der Waals surface area contributed by atoms with Crippen LogP contribution in [0.2, 0.25) is 0 Å². The minimum Gasteiger partial charge on any atom is -0.305 e. The molecule has 0 N–H and O–H groups in total. The Hall–Kier alpha value is -1.32. The number of benzene rings is 1. The lowest BCUT2D eigenvalue weighted by Gasteiger charge is -2.13. The zero-order valence-corrected chi connectivity index (χ0v) is 12.6. The zero-order valence-electron chi connectivity index (χ0n) is 11.8. The lowest BCUT2D eigenvalue weighted by atomic mass is 10.0. The molecule has 0 aliphatic rings. The largest absolute Gasteiger partial charge is 0.305 e. The van der Waals surface area contributed by atoms with Gasteiger partial charge in [-0.2, -0.15) is 0 Å². The van der Waals surface area contributed by atoms with Crippen molar-refractivity contribution in [2.24, 2.45) is 0 Å². The van der Waals surface area contributed by atoms with E-state index in [0.717, 1.165) is 13.0 Å². The Morgan fingerprint density at radius 1 is 1.05 bits per heavy atom. The Labute approximate surface area is 119 Å². The van der Waals surface area contributed by atoms with E-state index in [2.05, 4.69) is 60.6 Å². The molecular formula is C16H20N2S. The maximum Gasteiger partial charge on any atom is 0.0306 e. The standard InChI is InChI=1S/C16H20N2S/c1-18(2)12-14-8-9-17-11-15(14)10-13-4-6-16(19-3)7-5-13/h4-9,11H,10,12H2,1-3H3. The van der Waals surface area contributed by atoms with Crippen molar-refractivity contribution in [3.8, 4) is 0 Å². The highest BCUT2D eigenvalue weighted by Gasteiger charge is 2.05. The first-order valence-corrected chi connectivity index (χ1v) is 7.61. The SMILES string of the molecule is CSc1ccc(Cc2cnccc2CN(C)C)cc1. The van der Waals surface area contributed by atoms with Crippen LogP contribution in [0.4, 0.5) is 0 Å². The van der Waals surface area contributed by atoms with Gasteiger partial charge in [-0.05, 0) is 61.7 Å². The number of pyridine rings is 1. The van der Waals surface area contributed by atoms with Crippen molar-refractivity contribution in [3.05, 3.63) is 59.4 Å². The second kappa shape index (κ2) is 6.73. The maximum atomic E-state index is 4.26. The van der Waals surface area contributed by atoms with Crippen molar-refractivity contribution in [2.75, 3.05) is 20.4 Å². The molecule has 3 heteroatoms. The minimum atomic E-state index is 0.950. The molecule has 1 heterocycles. The molecule has 0 saturated carbocycles. The first kappa shape index (κ1) is 14.1. The third kappa shape index (κ3) is 4.08. The van der Waals surface area contributed by atoms with Crippen molar-refractivity contribution in [1.82, 2.24) is 9.88 Å². The molecule has 19 heavy (non-hydrogen) atoms. The van der Waals surface area contributed by atoms with E-state index in [0.29, 0.717) is 0 Å². The fraction of sp³-hybridized carbons (Fsp3) is 0.312. The third-order valence-electron chi connectivity index (χ3n) is 3.04. The molecule has 0 aliphatic carbocycles. The number of thioether (sulfide) groups is 1. The molecule has 1 aromatic carbocycles. The number of rotatable bonds is 5. The van der Waals surface area contributed by atoms with Gasteiger partial charge in [0, 0.05) is 23.8 Å². The number of nitrogens with zero attached hydrogens (tertiary/aromatic N) is 2. The molecule has 0 radical (unpaired) electrons. The average molecular weight is 272 g/mol. The average Bonchev–Trinajstić information content (AvgIpc) is 2.41. The summed E-state index contributed by atoms with van der Waals surface area (Å²) >= 11 is 1.78. The van der Waals surface area contributed by atoms with Crippen LogP contribution in [0.1, 0.15) is 16.7 Å². The molecule has 0 aliphatic heterocycles. The predicted molar refractivity (Wildman–Crippen MR) is 82.7 cm³/mol. The van der Waals surface area contributed by atoms with Crippen molar-refractivity contribution in [2.45, 2.75) is 17.9 Å². The van der Waals surface area contributed by atoms with Gasteiger partial charge in [0.15, 0.2) is 0 Å². The van der Waals surface area contributed by atoms with Crippen molar-refractivity contribution >= 4 is 11.8 Å². The summed E-state index contributed by atoms with van der Waals surface area (Å²) < 4.78 is 0. The van der Waals surface area contributed by atoms with E-state index in [-0.39, 0.29) is 0 Å². The van der Waals surface area contributed by atoms with E-state index in [1.54, 1.807) is 11.8 Å². The summed E-state index contributed by atoms with van der Waals surface area (Å²) in [5.41, 5.74) is 4.01. The normalized spacial score (nSPS) is 10.9. The predicted octanol–water partition coefficient (Wildman–Crippen LogP) is 3.46. The quantitative estimate of drug-likeness (QED) is 0.776. The molecule has 0 atom stereocenters. The Morgan fingerprint density at radius 3 is 2.42 bits per heavy atom. The van der Waals surface area contributed by atoms with Gasteiger partial charge in [-0.3, -0.25) is 4.98 Å². The second-order valence-electron chi connectivity index (χ2n) is 4.91. The highest BCUT2D eigenvalue weighted by atomic mass is 32.2. The maximum absolute atomic E-state index is 4.26. The van der Waals surface area contributed by atoms with Gasteiger partial charge in [0.2, 0.25) is 0 Å². The molecular weight excluding hydrogens is 252 g/mol. The van der Waals surface area contributed by atoms with Crippen LogP contribution in [-0.2, 0) is 13.0 Å². The van der Waals surface area contributed by atoms with Gasteiger partial charge in [0.25, 0.3) is 0 Å². The summed E-state index contributed by atoms with van der Waals surface area (Å²) in [6, 6.07) is 10.9. The Balaban J connectivity index is 2.17. The highest BCUT2D eigenvalue weighted by Crippen LogP contribution is 2.18. The summed E-state index contributed by atoms with van der Waals surface area (Å²) in [7, 11) is 4.19. The van der Waals surface area contributed by atoms with Gasteiger partial charge in [-0.25, -0.2) is 0 Å². The van der Waals surface area contributed by atoms with Crippen LogP contribution in [0.3, 0.4) is 0 Å². The van der Waals surface area contributed by atoms with Crippen molar-refractivity contribution in [3.63, 3.8) is 0 Å². The molecule has 0 spiro atoms. The van der Waals surface area contributed by atoms with E-state index in [9.17, 15) is 0 Å². The molecule has 0 bridgehead atoms. The molecule has 0 fully saturated rings. The van der Waals surface area contributed by atoms with Gasteiger partial charge in [-0.15, -0.1) is 11.8 Å². The summed E-state index contributed by atoms with van der Waals surface area (Å²) in [4.78, 5) is 7.76. The van der Waals surface area contributed by atoms with E-state index in [1.165, 1.54) is 21.6 Å². The molecule has 100 valence electrons. The van der Waals surface area contributed by atoms with E-state index in [1.807, 2.05) is 12.4 Å². The highest BCUT2D eigenvalue weighted by molar-refractivity contribution is 7.98. The fourth-order valence-electron chi connectivity index (χ4n) is 2.07. The molecule has 2 nitrogen and oxygen atoms in total. The van der Waals surface area contributed by atoms with Crippen LogP contribution in [0.5, 0.6) is 0 Å². The summed E-state index contributed by atoms with van der Waals surface area (Å²) in [6.45, 7) is 0.959. The molecule has 0 unspecified atom stereocenters. The lowest BCUT2D eigenvalue weighted by molar-refractivity contribution is 0.401. The Kier molecular flexibility index (Phi) is 5.00. The Bertz CT molecular complexity index is 521. The number of aromatic nitrogens is 1. The van der Waals surface area contributed by atoms with Gasteiger partial charge in [0.1, 0.15) is 0 Å². The molecule has 0 amide bonds. The van der Waals surface area contributed by atoms with Crippen LogP contribution in [0.15, 0.2) is 47.6 Å². The lowest BCUT2D eigenvalue weighted by Crippen LogP contribution is -2.12. The van der Waals surface area contributed by atoms with Crippen LogP contribution in [0.25, 0.3) is 0 Å². The molecule has 1 aromatic heterocycles. The number of hydrogen-bond donors (Lipinski definition) is 0. The molecule has 2 aromatic rings. The first-order valence-electron chi connectivity index (χ1n) is 6.38. The van der Waals surface area contributed by atoms with E-state index >= 15 is 0 Å². The van der Waals surface area contributed by atoms with Crippen molar-refractivity contribution in [1.29, 1.82) is 0 Å². The smallest absolute Gasteiger partial charge is 0.0306 e. The molecule has 2 rings (SSSR count). The van der Waals surface area contributed by atoms with Crippen LogP contribution in [-0.4, -0.2) is 30.2 Å². The first-order chi connectivity index (χ1) is 9.19. The van der Waals surface area contributed by atoms with Crippen molar-refractivity contribution < 1.29 is 0 Å². The minimum absolute atomic E-state index is 0.950. The summed E-state index contributed by atoms with van der Waals surface area (Å²) in [5, 5.41) is 0. The third-order valence-corrected chi connectivity index (χ3v) is 3.79. The van der Waals surface area contributed by atoms with Gasteiger partial charge < -0.3 is 4.90 Å². The van der Waals surface area contributed by atoms with Crippen LogP contribution >= 0.6 is 11.8 Å². The van der Waals surface area contributed by atoms with Gasteiger partial charge >= 0.3 is 0 Å². The number of hydrogen-bond acceptors (Lipinski definition) is 3. The topological polar surface area (TPSA) is 16.1 Å². The van der Waals surface area contributed by atoms with E-state index in [4.69, 9.17) is 0 Å². The van der Waals surface area contributed by atoms with Gasteiger partial charge in [0.05, 0.1) is 0 Å². The monoisotopic (exact) mass is 272 g/mol. The summed E-state index contributed by atoms with van der Waals surface area (Å²) in [6.07, 6.45) is 6.91.